The first-order chi connectivity index (χ1) is 16.9. The van der Waals surface area contributed by atoms with Crippen LogP contribution in [-0.4, -0.2) is 50.5 Å². The summed E-state index contributed by atoms with van der Waals surface area (Å²) in [5, 5.41) is 2.96. The third kappa shape index (κ3) is 8.97. The zero-order valence-electron chi connectivity index (χ0n) is 22.5. The van der Waals surface area contributed by atoms with Crippen LogP contribution in [0.15, 0.2) is 48.5 Å². The van der Waals surface area contributed by atoms with E-state index in [0.717, 1.165) is 16.7 Å². The molecule has 0 aliphatic heterocycles. The third-order valence-corrected chi connectivity index (χ3v) is 7.18. The van der Waals surface area contributed by atoms with E-state index in [2.05, 4.69) is 5.32 Å². The molecule has 0 saturated heterocycles. The van der Waals surface area contributed by atoms with E-state index < -0.39 is 16.1 Å². The van der Waals surface area contributed by atoms with Gasteiger partial charge in [0.1, 0.15) is 6.04 Å². The molecule has 0 aliphatic rings. The van der Waals surface area contributed by atoms with Crippen LogP contribution in [0.25, 0.3) is 0 Å². The molecule has 0 aliphatic carbocycles. The van der Waals surface area contributed by atoms with E-state index in [1.807, 2.05) is 77.1 Å². The highest BCUT2D eigenvalue weighted by molar-refractivity contribution is 7.92. The Hall–Kier alpha value is -2.87. The maximum absolute atomic E-state index is 13.5. The van der Waals surface area contributed by atoms with Crippen molar-refractivity contribution in [3.8, 4) is 0 Å². The number of hydrogen-bond donors (Lipinski definition) is 1. The Balaban J connectivity index is 2.20. The maximum Gasteiger partial charge on any atom is 0.242 e. The van der Waals surface area contributed by atoms with Gasteiger partial charge in [0.15, 0.2) is 0 Å². The second kappa shape index (κ2) is 13.4. The molecule has 1 atom stereocenters. The van der Waals surface area contributed by atoms with E-state index in [-0.39, 0.29) is 24.8 Å². The van der Waals surface area contributed by atoms with Gasteiger partial charge in [-0.15, -0.1) is 0 Å². The predicted octanol–water partition coefficient (Wildman–Crippen LogP) is 4.43. The lowest BCUT2D eigenvalue weighted by Gasteiger charge is -2.31. The summed E-state index contributed by atoms with van der Waals surface area (Å²) in [4.78, 5) is 28.1. The van der Waals surface area contributed by atoms with Crippen LogP contribution >= 0.6 is 0 Å². The van der Waals surface area contributed by atoms with Crippen LogP contribution in [-0.2, 0) is 26.2 Å². The van der Waals surface area contributed by atoms with E-state index in [1.165, 1.54) is 10.6 Å². The Morgan fingerprint density at radius 3 is 2.22 bits per heavy atom. The van der Waals surface area contributed by atoms with Crippen molar-refractivity contribution in [3.05, 3.63) is 65.2 Å². The Bertz CT molecular complexity index is 1110. The van der Waals surface area contributed by atoms with Crippen LogP contribution in [0.1, 0.15) is 56.7 Å². The van der Waals surface area contributed by atoms with Crippen molar-refractivity contribution >= 4 is 27.5 Å². The zero-order chi connectivity index (χ0) is 26.9. The van der Waals surface area contributed by atoms with Gasteiger partial charge >= 0.3 is 0 Å². The van der Waals surface area contributed by atoms with Crippen LogP contribution in [0.4, 0.5) is 5.69 Å². The minimum atomic E-state index is -3.51. The van der Waals surface area contributed by atoms with E-state index in [4.69, 9.17) is 0 Å². The Kier molecular flexibility index (Phi) is 11.0. The highest BCUT2D eigenvalue weighted by Crippen LogP contribution is 2.21. The van der Waals surface area contributed by atoms with Gasteiger partial charge in [-0.05, 0) is 55.9 Å². The summed E-state index contributed by atoms with van der Waals surface area (Å²) in [6.45, 7) is 10.9. The van der Waals surface area contributed by atoms with Gasteiger partial charge in [-0.2, -0.15) is 0 Å². The molecule has 2 amide bonds. The van der Waals surface area contributed by atoms with Gasteiger partial charge < -0.3 is 10.2 Å². The second-order valence-corrected chi connectivity index (χ2v) is 11.8. The Morgan fingerprint density at radius 1 is 1.00 bits per heavy atom. The summed E-state index contributed by atoms with van der Waals surface area (Å²) >= 11 is 0. The minimum absolute atomic E-state index is 0.137. The van der Waals surface area contributed by atoms with E-state index in [1.54, 1.807) is 11.0 Å². The van der Waals surface area contributed by atoms with Crippen LogP contribution in [0.3, 0.4) is 0 Å². The minimum Gasteiger partial charge on any atom is -0.354 e. The molecule has 36 heavy (non-hydrogen) atoms. The van der Waals surface area contributed by atoms with Gasteiger partial charge in [0, 0.05) is 26.1 Å². The predicted molar refractivity (Wildman–Crippen MR) is 146 cm³/mol. The van der Waals surface area contributed by atoms with E-state index in [9.17, 15) is 18.0 Å². The lowest BCUT2D eigenvalue weighted by Crippen LogP contribution is -2.49. The number of aryl methyl sites for hydroxylation is 2. The molecule has 0 bridgehead atoms. The molecule has 198 valence electrons. The van der Waals surface area contributed by atoms with Crippen molar-refractivity contribution in [2.24, 2.45) is 5.92 Å². The fourth-order valence-corrected chi connectivity index (χ4v) is 4.98. The number of benzene rings is 2. The van der Waals surface area contributed by atoms with Crippen LogP contribution < -0.4 is 9.62 Å². The van der Waals surface area contributed by atoms with Gasteiger partial charge in [-0.1, -0.05) is 62.7 Å². The first-order valence-electron chi connectivity index (χ1n) is 12.6. The second-order valence-electron chi connectivity index (χ2n) is 9.85. The quantitative estimate of drug-likeness (QED) is 0.428. The number of hydrogen-bond acceptors (Lipinski definition) is 4. The van der Waals surface area contributed by atoms with E-state index in [0.29, 0.717) is 37.5 Å². The average Bonchev–Trinajstić information content (AvgIpc) is 2.80. The average molecular weight is 516 g/mol. The lowest BCUT2D eigenvalue weighted by molar-refractivity contribution is -0.141. The highest BCUT2D eigenvalue weighted by atomic mass is 32.2. The van der Waals surface area contributed by atoms with Crippen molar-refractivity contribution in [2.45, 2.75) is 66.5 Å². The number of carbonyl (C=O) groups excluding carboxylic acids is 2. The van der Waals surface area contributed by atoms with Crippen molar-refractivity contribution in [1.82, 2.24) is 10.2 Å². The summed E-state index contributed by atoms with van der Waals surface area (Å²) in [6.07, 6.45) is 2.14. The van der Waals surface area contributed by atoms with Gasteiger partial charge in [0.2, 0.25) is 21.8 Å². The molecule has 0 heterocycles. The molecule has 0 spiro atoms. The summed E-state index contributed by atoms with van der Waals surface area (Å²) < 4.78 is 26.3. The molecule has 0 radical (unpaired) electrons. The largest absolute Gasteiger partial charge is 0.354 e. The number of anilines is 1. The smallest absolute Gasteiger partial charge is 0.242 e. The fourth-order valence-electron chi connectivity index (χ4n) is 4.02. The highest BCUT2D eigenvalue weighted by Gasteiger charge is 2.29. The molecule has 2 aromatic rings. The third-order valence-electron chi connectivity index (χ3n) is 5.99. The van der Waals surface area contributed by atoms with Crippen molar-refractivity contribution in [2.75, 3.05) is 23.7 Å². The number of carbonyl (C=O) groups is 2. The van der Waals surface area contributed by atoms with E-state index >= 15 is 0 Å². The molecule has 7 nitrogen and oxygen atoms in total. The van der Waals surface area contributed by atoms with Crippen molar-refractivity contribution < 1.29 is 18.0 Å². The zero-order valence-corrected chi connectivity index (χ0v) is 23.3. The van der Waals surface area contributed by atoms with Crippen molar-refractivity contribution in [3.63, 3.8) is 0 Å². The Labute approximate surface area is 216 Å². The maximum atomic E-state index is 13.5. The lowest BCUT2D eigenvalue weighted by atomic mass is 10.1. The first-order valence-corrected chi connectivity index (χ1v) is 14.4. The summed E-state index contributed by atoms with van der Waals surface area (Å²) in [7, 11) is -3.51. The molecule has 8 heteroatoms. The molecule has 0 saturated carbocycles. The monoisotopic (exact) mass is 515 g/mol. The molecule has 0 aromatic heterocycles. The number of nitrogens with zero attached hydrogens (tertiary/aromatic N) is 2. The molecular weight excluding hydrogens is 474 g/mol. The number of rotatable bonds is 13. The number of amides is 2. The van der Waals surface area contributed by atoms with Crippen molar-refractivity contribution in [1.29, 1.82) is 0 Å². The molecule has 2 aromatic carbocycles. The van der Waals surface area contributed by atoms with Crippen LogP contribution in [0.2, 0.25) is 0 Å². The first kappa shape index (κ1) is 29.4. The topological polar surface area (TPSA) is 86.8 Å². The normalized spacial score (nSPS) is 12.3. The van der Waals surface area contributed by atoms with Crippen LogP contribution in [0, 0.1) is 19.8 Å². The fraction of sp³-hybridized carbons (Fsp3) is 0.500. The van der Waals surface area contributed by atoms with Gasteiger partial charge in [0.05, 0.1) is 11.9 Å². The summed E-state index contributed by atoms with van der Waals surface area (Å²) in [5.74, 6) is -0.0275. The molecule has 0 unspecified atom stereocenters. The van der Waals surface area contributed by atoms with Crippen LogP contribution in [0.5, 0.6) is 0 Å². The number of nitrogens with one attached hydrogen (secondary N) is 1. The molecule has 0 fully saturated rings. The standard InChI is InChI=1S/C28H41N3O4S/c1-7-26(28(33)29-19-21(2)3)30(20-24-15-13-22(4)14-16-24)27(32)12-9-17-31(36(6,34)35)25-11-8-10-23(5)18-25/h8,10-11,13-16,18,21,26H,7,9,12,17,19-20H2,1-6H3,(H,29,33)/t26-/m1/s1. The van der Waals surface area contributed by atoms with Gasteiger partial charge in [0.25, 0.3) is 0 Å². The van der Waals surface area contributed by atoms with Gasteiger partial charge in [-0.25, -0.2) is 8.42 Å². The van der Waals surface area contributed by atoms with Gasteiger partial charge in [-0.3, -0.25) is 13.9 Å². The summed E-state index contributed by atoms with van der Waals surface area (Å²) in [5.41, 5.74) is 3.61. The molecular formula is C28H41N3O4S. The SMILES string of the molecule is CC[C@H](C(=O)NCC(C)C)N(Cc1ccc(C)cc1)C(=O)CCCN(c1cccc(C)c1)S(C)(=O)=O. The Morgan fingerprint density at radius 2 is 1.67 bits per heavy atom. The number of sulfonamides is 1. The summed E-state index contributed by atoms with van der Waals surface area (Å²) in [6, 6.07) is 14.6. The molecule has 1 N–H and O–H groups in total. The molecule has 2 rings (SSSR count).